The van der Waals surface area contributed by atoms with Gasteiger partial charge in [0.1, 0.15) is 0 Å². The molecule has 1 aliphatic heterocycles. The molecule has 1 aromatic rings. The zero-order chi connectivity index (χ0) is 12.6. The normalized spacial score (nSPS) is 27.0. The van der Waals surface area contributed by atoms with Crippen molar-refractivity contribution in [3.63, 3.8) is 0 Å². The third kappa shape index (κ3) is 2.73. The van der Waals surface area contributed by atoms with E-state index in [0.717, 1.165) is 11.3 Å². The van der Waals surface area contributed by atoms with Gasteiger partial charge in [0.25, 0.3) is 0 Å². The lowest BCUT2D eigenvalue weighted by Crippen LogP contribution is -2.32. The Bertz CT molecular complexity index is 530. The highest BCUT2D eigenvalue weighted by Crippen LogP contribution is 2.25. The Kier molecular flexibility index (Phi) is 3.34. The van der Waals surface area contributed by atoms with Gasteiger partial charge in [-0.2, -0.15) is 0 Å². The highest BCUT2D eigenvalue weighted by Gasteiger charge is 2.36. The molecule has 2 N–H and O–H groups in total. The van der Waals surface area contributed by atoms with Gasteiger partial charge in [0.2, 0.25) is 0 Å². The molecular formula is C11H14ClNO3S. The number of aliphatic hydroxyl groups excluding tert-OH is 1. The smallest absolute Gasteiger partial charge is 0.155 e. The van der Waals surface area contributed by atoms with Gasteiger partial charge in [-0.25, -0.2) is 8.42 Å². The molecule has 0 bridgehead atoms. The standard InChI is InChI=1S/C11H14ClNO3S/c1-7-8(12)3-2-4-9(7)13-10-5-17(15,16)6-11(10)14/h2-4,10-11,13-14H,5-6H2,1H3/t10-,11-/m0/s1. The highest BCUT2D eigenvalue weighted by atomic mass is 35.5. The predicted molar refractivity (Wildman–Crippen MR) is 68.3 cm³/mol. The summed E-state index contributed by atoms with van der Waals surface area (Å²) in [5.41, 5.74) is 1.62. The number of sulfone groups is 1. The third-order valence-electron chi connectivity index (χ3n) is 2.93. The van der Waals surface area contributed by atoms with Crippen LogP contribution in [0.1, 0.15) is 5.56 Å². The molecule has 4 nitrogen and oxygen atoms in total. The van der Waals surface area contributed by atoms with E-state index < -0.39 is 22.0 Å². The molecule has 0 aromatic heterocycles. The summed E-state index contributed by atoms with van der Waals surface area (Å²) >= 11 is 5.97. The summed E-state index contributed by atoms with van der Waals surface area (Å²) in [5.74, 6) is -0.218. The van der Waals surface area contributed by atoms with Gasteiger partial charge in [-0.15, -0.1) is 0 Å². The van der Waals surface area contributed by atoms with Gasteiger partial charge in [0.15, 0.2) is 9.84 Å². The molecule has 17 heavy (non-hydrogen) atoms. The number of anilines is 1. The van der Waals surface area contributed by atoms with Crippen molar-refractivity contribution >= 4 is 27.1 Å². The predicted octanol–water partition coefficient (Wildman–Crippen LogP) is 1.22. The first-order chi connectivity index (χ1) is 7.89. The number of hydrogen-bond acceptors (Lipinski definition) is 4. The van der Waals surface area contributed by atoms with Crippen LogP contribution in [0, 0.1) is 6.92 Å². The van der Waals surface area contributed by atoms with Crippen LogP contribution in [0.3, 0.4) is 0 Å². The summed E-state index contributed by atoms with van der Waals surface area (Å²) in [6.07, 6.45) is -0.863. The minimum atomic E-state index is -3.13. The lowest BCUT2D eigenvalue weighted by Gasteiger charge is -2.18. The van der Waals surface area contributed by atoms with Gasteiger partial charge < -0.3 is 10.4 Å². The minimum absolute atomic E-state index is 0.0415. The maximum atomic E-state index is 11.4. The van der Waals surface area contributed by atoms with Crippen LogP contribution in [0.5, 0.6) is 0 Å². The zero-order valence-electron chi connectivity index (χ0n) is 9.35. The second-order valence-electron chi connectivity index (χ2n) is 4.31. The third-order valence-corrected chi connectivity index (χ3v) is 5.06. The summed E-state index contributed by atoms with van der Waals surface area (Å²) in [6.45, 7) is 1.85. The second kappa shape index (κ2) is 4.48. The van der Waals surface area contributed by atoms with Crippen molar-refractivity contribution in [2.45, 2.75) is 19.1 Å². The minimum Gasteiger partial charge on any atom is -0.390 e. The Labute approximate surface area is 106 Å². The molecule has 1 fully saturated rings. The number of benzene rings is 1. The first-order valence-electron chi connectivity index (χ1n) is 5.29. The molecule has 0 unspecified atom stereocenters. The molecule has 2 rings (SSSR count). The number of hydrogen-bond donors (Lipinski definition) is 2. The lowest BCUT2D eigenvalue weighted by molar-refractivity contribution is 0.190. The zero-order valence-corrected chi connectivity index (χ0v) is 10.9. The summed E-state index contributed by atoms with van der Waals surface area (Å²) in [4.78, 5) is 0. The number of nitrogens with one attached hydrogen (secondary N) is 1. The second-order valence-corrected chi connectivity index (χ2v) is 6.87. The lowest BCUT2D eigenvalue weighted by atomic mass is 10.1. The van der Waals surface area contributed by atoms with Crippen molar-refractivity contribution in [2.24, 2.45) is 0 Å². The fourth-order valence-corrected chi connectivity index (χ4v) is 3.85. The number of halogens is 1. The van der Waals surface area contributed by atoms with Crippen molar-refractivity contribution in [1.29, 1.82) is 0 Å². The van der Waals surface area contributed by atoms with Gasteiger partial charge in [-0.05, 0) is 24.6 Å². The fourth-order valence-electron chi connectivity index (χ4n) is 1.93. The van der Waals surface area contributed by atoms with Crippen LogP contribution in [0.25, 0.3) is 0 Å². The Hall–Kier alpha value is -0.780. The van der Waals surface area contributed by atoms with Crippen LogP contribution >= 0.6 is 11.6 Å². The van der Waals surface area contributed by atoms with Gasteiger partial charge in [0, 0.05) is 10.7 Å². The summed E-state index contributed by atoms with van der Waals surface area (Å²) in [5, 5.41) is 13.3. The molecule has 1 aromatic carbocycles. The van der Waals surface area contributed by atoms with Crippen LogP contribution in [0.2, 0.25) is 5.02 Å². The van der Waals surface area contributed by atoms with E-state index in [1.54, 1.807) is 12.1 Å². The van der Waals surface area contributed by atoms with Crippen LogP contribution in [0.15, 0.2) is 18.2 Å². The van der Waals surface area contributed by atoms with Crippen LogP contribution in [0.4, 0.5) is 5.69 Å². The molecule has 1 aliphatic rings. The average molecular weight is 276 g/mol. The molecule has 1 heterocycles. The van der Waals surface area contributed by atoms with E-state index in [1.807, 2.05) is 13.0 Å². The maximum absolute atomic E-state index is 11.4. The molecule has 0 saturated carbocycles. The van der Waals surface area contributed by atoms with E-state index in [9.17, 15) is 13.5 Å². The van der Waals surface area contributed by atoms with E-state index >= 15 is 0 Å². The monoisotopic (exact) mass is 275 g/mol. The van der Waals surface area contributed by atoms with Crippen molar-refractivity contribution < 1.29 is 13.5 Å². The topological polar surface area (TPSA) is 66.4 Å². The molecular weight excluding hydrogens is 262 g/mol. The van der Waals surface area contributed by atoms with Crippen molar-refractivity contribution in [1.82, 2.24) is 0 Å². The Morgan fingerprint density at radius 1 is 1.41 bits per heavy atom. The largest absolute Gasteiger partial charge is 0.390 e. The molecule has 0 radical (unpaired) electrons. The fraction of sp³-hybridized carbons (Fsp3) is 0.455. The van der Waals surface area contributed by atoms with E-state index in [2.05, 4.69) is 5.32 Å². The SMILES string of the molecule is Cc1c(Cl)cccc1N[C@H]1CS(=O)(=O)C[C@@H]1O. The first-order valence-corrected chi connectivity index (χ1v) is 7.49. The van der Waals surface area contributed by atoms with E-state index in [0.29, 0.717) is 5.02 Å². The van der Waals surface area contributed by atoms with Crippen molar-refractivity contribution in [3.05, 3.63) is 28.8 Å². The first kappa shape index (κ1) is 12.7. The van der Waals surface area contributed by atoms with E-state index in [4.69, 9.17) is 11.6 Å². The van der Waals surface area contributed by atoms with Crippen molar-refractivity contribution in [2.75, 3.05) is 16.8 Å². The quantitative estimate of drug-likeness (QED) is 0.852. The summed E-state index contributed by atoms with van der Waals surface area (Å²) in [7, 11) is -3.13. The van der Waals surface area contributed by atoms with E-state index in [1.165, 1.54) is 0 Å². The molecule has 0 amide bonds. The van der Waals surface area contributed by atoms with Crippen LogP contribution in [-0.2, 0) is 9.84 Å². The summed E-state index contributed by atoms with van der Waals surface area (Å²) < 4.78 is 22.7. The Balaban J connectivity index is 2.20. The maximum Gasteiger partial charge on any atom is 0.155 e. The van der Waals surface area contributed by atoms with Gasteiger partial charge >= 0.3 is 0 Å². The molecule has 0 spiro atoms. The Morgan fingerprint density at radius 3 is 2.71 bits per heavy atom. The number of aliphatic hydroxyl groups is 1. The molecule has 0 aliphatic carbocycles. The summed E-state index contributed by atoms with van der Waals surface area (Å²) in [6, 6.07) is 4.91. The van der Waals surface area contributed by atoms with Crippen LogP contribution in [-0.4, -0.2) is 37.2 Å². The average Bonchev–Trinajstić information content (AvgIpc) is 2.47. The highest BCUT2D eigenvalue weighted by molar-refractivity contribution is 7.91. The molecule has 1 saturated heterocycles. The Morgan fingerprint density at radius 2 is 2.12 bits per heavy atom. The van der Waals surface area contributed by atoms with Crippen LogP contribution < -0.4 is 5.32 Å². The molecule has 94 valence electrons. The van der Waals surface area contributed by atoms with Gasteiger partial charge in [-0.3, -0.25) is 0 Å². The van der Waals surface area contributed by atoms with E-state index in [-0.39, 0.29) is 11.5 Å². The molecule has 6 heteroatoms. The van der Waals surface area contributed by atoms with Gasteiger partial charge in [-0.1, -0.05) is 17.7 Å². The number of rotatable bonds is 2. The van der Waals surface area contributed by atoms with Crippen molar-refractivity contribution in [3.8, 4) is 0 Å². The molecule has 2 atom stereocenters. The van der Waals surface area contributed by atoms with Gasteiger partial charge in [0.05, 0.1) is 23.7 Å².